The van der Waals surface area contributed by atoms with E-state index in [1.807, 2.05) is 4.90 Å². The zero-order valence-corrected chi connectivity index (χ0v) is 15.7. The Morgan fingerprint density at radius 2 is 2.04 bits per heavy atom. The van der Waals surface area contributed by atoms with Gasteiger partial charge in [0.25, 0.3) is 5.91 Å². The summed E-state index contributed by atoms with van der Waals surface area (Å²) in [6.45, 7) is 4.05. The Balaban J connectivity index is 1.49. The number of carbonyl (C=O) groups excluding carboxylic acids is 2. The standard InChI is InChI=1S/C18H23BrFN3O2/c19-16-5-4-13(20)11-15(16)18(25)21-7-6-17(24)23-10-2-9-22-8-1-3-14(22)12-23/h4-5,11,14H,1-3,6-10,12H2,(H,21,25)/t14-/m1/s1. The highest BCUT2D eigenvalue weighted by Crippen LogP contribution is 2.21. The number of fused-ring (bicyclic) bond motifs is 1. The molecule has 2 saturated heterocycles. The molecule has 0 spiro atoms. The van der Waals surface area contributed by atoms with Crippen LogP contribution in [-0.4, -0.2) is 60.4 Å². The molecule has 0 radical (unpaired) electrons. The van der Waals surface area contributed by atoms with Gasteiger partial charge in [0, 0.05) is 43.1 Å². The van der Waals surface area contributed by atoms with Crippen molar-refractivity contribution in [3.05, 3.63) is 34.1 Å². The quantitative estimate of drug-likeness (QED) is 0.827. The topological polar surface area (TPSA) is 52.7 Å². The number of nitrogens with one attached hydrogen (secondary N) is 1. The molecule has 0 unspecified atom stereocenters. The molecule has 1 N–H and O–H groups in total. The minimum absolute atomic E-state index is 0.0763. The van der Waals surface area contributed by atoms with Gasteiger partial charge in [0.15, 0.2) is 0 Å². The average Bonchev–Trinajstić information content (AvgIpc) is 2.93. The largest absolute Gasteiger partial charge is 0.351 e. The molecule has 1 aromatic carbocycles. The molecule has 1 aromatic rings. The van der Waals surface area contributed by atoms with Crippen LogP contribution >= 0.6 is 15.9 Å². The second kappa shape index (κ2) is 8.27. The monoisotopic (exact) mass is 411 g/mol. The fourth-order valence-electron chi connectivity index (χ4n) is 3.64. The molecule has 2 aliphatic rings. The Labute approximate surface area is 155 Å². The van der Waals surface area contributed by atoms with Gasteiger partial charge < -0.3 is 10.2 Å². The van der Waals surface area contributed by atoms with E-state index >= 15 is 0 Å². The van der Waals surface area contributed by atoms with Gasteiger partial charge in [-0.2, -0.15) is 0 Å². The molecule has 136 valence electrons. The maximum absolute atomic E-state index is 13.3. The van der Waals surface area contributed by atoms with E-state index in [-0.39, 0.29) is 30.3 Å². The third kappa shape index (κ3) is 4.58. The lowest BCUT2D eigenvalue weighted by atomic mass is 10.2. The summed E-state index contributed by atoms with van der Waals surface area (Å²) >= 11 is 3.24. The number of rotatable bonds is 4. The van der Waals surface area contributed by atoms with Crippen LogP contribution in [0.4, 0.5) is 4.39 Å². The van der Waals surface area contributed by atoms with E-state index in [0.717, 1.165) is 39.0 Å². The molecule has 0 bridgehead atoms. The maximum atomic E-state index is 13.3. The number of halogens is 2. The first-order valence-corrected chi connectivity index (χ1v) is 9.59. The van der Waals surface area contributed by atoms with Crippen LogP contribution in [0.25, 0.3) is 0 Å². The minimum Gasteiger partial charge on any atom is -0.351 e. The normalized spacial score (nSPS) is 20.9. The molecule has 2 heterocycles. The highest BCUT2D eigenvalue weighted by atomic mass is 79.9. The molecule has 5 nitrogen and oxygen atoms in total. The van der Waals surface area contributed by atoms with E-state index < -0.39 is 5.82 Å². The van der Waals surface area contributed by atoms with Gasteiger partial charge in [-0.05, 0) is 59.9 Å². The lowest BCUT2D eigenvalue weighted by molar-refractivity contribution is -0.131. The second-order valence-electron chi connectivity index (χ2n) is 6.66. The van der Waals surface area contributed by atoms with Crippen molar-refractivity contribution in [1.29, 1.82) is 0 Å². The minimum atomic E-state index is -0.463. The van der Waals surface area contributed by atoms with E-state index in [0.29, 0.717) is 10.5 Å². The van der Waals surface area contributed by atoms with Gasteiger partial charge in [0.1, 0.15) is 5.82 Å². The number of hydrogen-bond acceptors (Lipinski definition) is 3. The summed E-state index contributed by atoms with van der Waals surface area (Å²) in [4.78, 5) is 29.0. The summed E-state index contributed by atoms with van der Waals surface area (Å²) in [5.41, 5.74) is 0.240. The third-order valence-corrected chi connectivity index (χ3v) is 5.65. The molecule has 2 fully saturated rings. The number of amides is 2. The second-order valence-corrected chi connectivity index (χ2v) is 7.51. The first-order valence-electron chi connectivity index (χ1n) is 8.79. The van der Waals surface area contributed by atoms with Crippen LogP contribution in [0.1, 0.15) is 36.0 Å². The zero-order chi connectivity index (χ0) is 17.8. The van der Waals surface area contributed by atoms with Crippen molar-refractivity contribution in [3.63, 3.8) is 0 Å². The zero-order valence-electron chi connectivity index (χ0n) is 14.1. The van der Waals surface area contributed by atoms with Crippen molar-refractivity contribution >= 4 is 27.7 Å². The van der Waals surface area contributed by atoms with Gasteiger partial charge in [-0.3, -0.25) is 14.5 Å². The van der Waals surface area contributed by atoms with Crippen LogP contribution in [0.5, 0.6) is 0 Å². The first kappa shape index (κ1) is 18.3. The number of hydrogen-bond donors (Lipinski definition) is 1. The third-order valence-electron chi connectivity index (χ3n) is 4.95. The van der Waals surface area contributed by atoms with Gasteiger partial charge in [-0.1, -0.05) is 0 Å². The molecule has 7 heteroatoms. The van der Waals surface area contributed by atoms with Crippen molar-refractivity contribution in [2.45, 2.75) is 31.7 Å². The number of nitrogens with zero attached hydrogens (tertiary/aromatic N) is 2. The van der Waals surface area contributed by atoms with Crippen LogP contribution in [0.3, 0.4) is 0 Å². The van der Waals surface area contributed by atoms with Crippen molar-refractivity contribution < 1.29 is 14.0 Å². The van der Waals surface area contributed by atoms with E-state index in [9.17, 15) is 14.0 Å². The molecule has 2 amide bonds. The molecule has 3 rings (SSSR count). The maximum Gasteiger partial charge on any atom is 0.252 e. The lowest BCUT2D eigenvalue weighted by Gasteiger charge is -2.25. The van der Waals surface area contributed by atoms with Gasteiger partial charge in [-0.25, -0.2) is 4.39 Å². The average molecular weight is 412 g/mol. The fraction of sp³-hybridized carbons (Fsp3) is 0.556. The molecule has 0 aromatic heterocycles. The lowest BCUT2D eigenvalue weighted by Crippen LogP contribution is -2.40. The van der Waals surface area contributed by atoms with E-state index in [1.165, 1.54) is 24.6 Å². The van der Waals surface area contributed by atoms with E-state index in [1.54, 1.807) is 0 Å². The molecular formula is C18H23BrFN3O2. The van der Waals surface area contributed by atoms with Crippen molar-refractivity contribution in [2.24, 2.45) is 0 Å². The first-order chi connectivity index (χ1) is 12.0. The van der Waals surface area contributed by atoms with Crippen LogP contribution in [0.2, 0.25) is 0 Å². The van der Waals surface area contributed by atoms with Crippen LogP contribution in [-0.2, 0) is 4.79 Å². The molecule has 0 aliphatic carbocycles. The number of carbonyl (C=O) groups is 2. The van der Waals surface area contributed by atoms with Crippen LogP contribution in [0.15, 0.2) is 22.7 Å². The molecule has 0 saturated carbocycles. The summed E-state index contributed by atoms with van der Waals surface area (Å²) < 4.78 is 13.8. The summed E-state index contributed by atoms with van der Waals surface area (Å²) in [7, 11) is 0. The van der Waals surface area contributed by atoms with Gasteiger partial charge in [0.2, 0.25) is 5.91 Å². The van der Waals surface area contributed by atoms with Crippen LogP contribution in [0, 0.1) is 5.82 Å². The van der Waals surface area contributed by atoms with Crippen LogP contribution < -0.4 is 5.32 Å². The smallest absolute Gasteiger partial charge is 0.252 e. The Hall–Kier alpha value is -1.47. The van der Waals surface area contributed by atoms with Gasteiger partial charge in [0.05, 0.1) is 5.56 Å². The molecule has 1 atom stereocenters. The summed E-state index contributed by atoms with van der Waals surface area (Å²) in [5.74, 6) is -0.764. The van der Waals surface area contributed by atoms with E-state index in [2.05, 4.69) is 26.1 Å². The molecule has 25 heavy (non-hydrogen) atoms. The highest BCUT2D eigenvalue weighted by Gasteiger charge is 2.30. The van der Waals surface area contributed by atoms with Crippen molar-refractivity contribution in [2.75, 3.05) is 32.7 Å². The van der Waals surface area contributed by atoms with Crippen molar-refractivity contribution in [3.8, 4) is 0 Å². The van der Waals surface area contributed by atoms with E-state index in [4.69, 9.17) is 0 Å². The number of benzene rings is 1. The van der Waals surface area contributed by atoms with Gasteiger partial charge >= 0.3 is 0 Å². The molecular weight excluding hydrogens is 389 g/mol. The van der Waals surface area contributed by atoms with Crippen molar-refractivity contribution in [1.82, 2.24) is 15.1 Å². The predicted molar refractivity (Wildman–Crippen MR) is 96.8 cm³/mol. The highest BCUT2D eigenvalue weighted by molar-refractivity contribution is 9.10. The Morgan fingerprint density at radius 3 is 2.88 bits per heavy atom. The predicted octanol–water partition coefficient (Wildman–Crippen LogP) is 2.40. The fourth-order valence-corrected chi connectivity index (χ4v) is 4.07. The van der Waals surface area contributed by atoms with Gasteiger partial charge in [-0.15, -0.1) is 0 Å². The summed E-state index contributed by atoms with van der Waals surface area (Å²) in [5, 5.41) is 2.71. The molecule has 2 aliphatic heterocycles. The Kier molecular flexibility index (Phi) is 6.06. The summed E-state index contributed by atoms with van der Waals surface area (Å²) in [6.07, 6.45) is 3.65. The Morgan fingerprint density at radius 1 is 1.24 bits per heavy atom. The summed E-state index contributed by atoms with van der Waals surface area (Å²) in [6, 6.07) is 4.46. The Bertz CT molecular complexity index is 655. The SMILES string of the molecule is O=C(NCCC(=O)N1CCCN2CCC[C@@H]2C1)c1cc(F)ccc1Br.